The molecule has 1 aromatic carbocycles. The molecule has 2 N–H and O–H groups in total. The lowest BCUT2D eigenvalue weighted by molar-refractivity contribution is -0.125. The molecule has 0 aromatic heterocycles. The van der Waals surface area contributed by atoms with Gasteiger partial charge in [0.05, 0.1) is 11.4 Å². The quantitative estimate of drug-likeness (QED) is 0.888. The molecule has 1 aromatic rings. The number of aryl methyl sites for hydroxylation is 2. The highest BCUT2D eigenvalue weighted by Gasteiger charge is 2.26. The molecule has 6 heteroatoms. The number of hydrogen-bond acceptors (Lipinski definition) is 4. The number of ether oxygens (including phenoxy) is 2. The van der Waals surface area contributed by atoms with Gasteiger partial charge in [-0.2, -0.15) is 0 Å². The Kier molecular flexibility index (Phi) is 5.16. The van der Waals surface area contributed by atoms with E-state index in [0.717, 1.165) is 36.8 Å². The number of rotatable bonds is 4. The van der Waals surface area contributed by atoms with Crippen molar-refractivity contribution < 1.29 is 19.1 Å². The molecule has 2 saturated heterocycles. The third kappa shape index (κ3) is 3.76. The molecular weight excluding hydrogens is 308 g/mol. The van der Waals surface area contributed by atoms with E-state index in [-0.39, 0.29) is 11.8 Å². The van der Waals surface area contributed by atoms with Crippen molar-refractivity contribution in [2.24, 2.45) is 0 Å². The van der Waals surface area contributed by atoms with Crippen molar-refractivity contribution in [1.82, 2.24) is 0 Å². The fourth-order valence-corrected chi connectivity index (χ4v) is 3.02. The fraction of sp³-hybridized carbons (Fsp3) is 0.556. The van der Waals surface area contributed by atoms with Crippen LogP contribution in [-0.2, 0) is 19.1 Å². The maximum Gasteiger partial charge on any atom is 0.253 e. The Morgan fingerprint density at radius 2 is 1.29 bits per heavy atom. The molecule has 2 fully saturated rings. The van der Waals surface area contributed by atoms with E-state index >= 15 is 0 Å². The van der Waals surface area contributed by atoms with Crippen LogP contribution in [0, 0.1) is 13.8 Å². The first-order valence-electron chi connectivity index (χ1n) is 8.51. The lowest BCUT2D eigenvalue weighted by Gasteiger charge is -2.18. The first-order valence-corrected chi connectivity index (χ1v) is 8.51. The third-order valence-electron chi connectivity index (χ3n) is 4.59. The summed E-state index contributed by atoms with van der Waals surface area (Å²) in [7, 11) is 0. The molecule has 0 saturated carbocycles. The molecule has 24 heavy (non-hydrogen) atoms. The summed E-state index contributed by atoms with van der Waals surface area (Å²) in [6, 6.07) is 3.76. The monoisotopic (exact) mass is 332 g/mol. The van der Waals surface area contributed by atoms with E-state index in [9.17, 15) is 9.59 Å². The SMILES string of the molecule is Cc1cc(NC(=O)[C@@H]2CCCO2)c(NC(=O)[C@H]2CCCO2)cc1C. The van der Waals surface area contributed by atoms with Gasteiger partial charge in [-0.1, -0.05) is 0 Å². The lowest BCUT2D eigenvalue weighted by atomic mass is 10.1. The van der Waals surface area contributed by atoms with Gasteiger partial charge in [0.25, 0.3) is 11.8 Å². The highest BCUT2D eigenvalue weighted by Crippen LogP contribution is 2.28. The lowest BCUT2D eigenvalue weighted by Crippen LogP contribution is -2.29. The van der Waals surface area contributed by atoms with Gasteiger partial charge in [0.2, 0.25) is 0 Å². The number of carbonyl (C=O) groups is 2. The maximum atomic E-state index is 12.3. The number of anilines is 2. The van der Waals surface area contributed by atoms with E-state index in [1.807, 2.05) is 26.0 Å². The van der Waals surface area contributed by atoms with Crippen LogP contribution >= 0.6 is 0 Å². The predicted molar refractivity (Wildman–Crippen MR) is 91.1 cm³/mol. The summed E-state index contributed by atoms with van der Waals surface area (Å²) in [6.45, 7) is 5.19. The van der Waals surface area contributed by atoms with Crippen LogP contribution in [0.1, 0.15) is 36.8 Å². The van der Waals surface area contributed by atoms with Crippen molar-refractivity contribution in [2.75, 3.05) is 23.8 Å². The normalized spacial score (nSPS) is 23.2. The number of hydrogen-bond donors (Lipinski definition) is 2. The largest absolute Gasteiger partial charge is 0.368 e. The molecule has 3 rings (SSSR count). The summed E-state index contributed by atoms with van der Waals surface area (Å²) in [5.41, 5.74) is 3.30. The topological polar surface area (TPSA) is 76.7 Å². The van der Waals surface area contributed by atoms with E-state index < -0.39 is 12.2 Å². The second kappa shape index (κ2) is 7.32. The molecule has 0 aliphatic carbocycles. The van der Waals surface area contributed by atoms with Gasteiger partial charge < -0.3 is 20.1 Å². The molecule has 0 spiro atoms. The third-order valence-corrected chi connectivity index (χ3v) is 4.59. The molecule has 2 atom stereocenters. The standard InChI is InChI=1S/C18H24N2O4/c1-11-9-13(19-17(21)15-5-3-7-23-15)14(10-12(11)2)20-18(22)16-6-4-8-24-16/h9-10,15-16H,3-8H2,1-2H3,(H,19,21)(H,20,22)/t15-,16+. The fourth-order valence-electron chi connectivity index (χ4n) is 3.02. The summed E-state index contributed by atoms with van der Waals surface area (Å²) >= 11 is 0. The number of amides is 2. The summed E-state index contributed by atoms with van der Waals surface area (Å²) in [4.78, 5) is 24.7. The number of benzene rings is 1. The minimum atomic E-state index is -0.409. The van der Waals surface area contributed by atoms with Crippen molar-refractivity contribution in [3.8, 4) is 0 Å². The highest BCUT2D eigenvalue weighted by atomic mass is 16.5. The van der Waals surface area contributed by atoms with Crippen molar-refractivity contribution in [1.29, 1.82) is 0 Å². The molecule has 2 aliphatic rings. The van der Waals surface area contributed by atoms with Crippen molar-refractivity contribution in [2.45, 2.75) is 51.7 Å². The smallest absolute Gasteiger partial charge is 0.253 e. The van der Waals surface area contributed by atoms with E-state index in [1.165, 1.54) is 0 Å². The minimum absolute atomic E-state index is 0.164. The predicted octanol–water partition coefficient (Wildman–Crippen LogP) is 2.54. The van der Waals surface area contributed by atoms with E-state index in [0.29, 0.717) is 24.6 Å². The Bertz CT molecular complexity index is 577. The first kappa shape index (κ1) is 16.9. The Balaban J connectivity index is 1.77. The number of nitrogens with one attached hydrogen (secondary N) is 2. The van der Waals surface area contributed by atoms with E-state index in [1.54, 1.807) is 0 Å². The Morgan fingerprint density at radius 3 is 1.62 bits per heavy atom. The van der Waals surface area contributed by atoms with Crippen LogP contribution in [0.5, 0.6) is 0 Å². The molecular formula is C18H24N2O4. The van der Waals surface area contributed by atoms with Crippen LogP contribution in [0.2, 0.25) is 0 Å². The molecule has 6 nitrogen and oxygen atoms in total. The van der Waals surface area contributed by atoms with Crippen molar-refractivity contribution >= 4 is 23.2 Å². The van der Waals surface area contributed by atoms with Gasteiger partial charge >= 0.3 is 0 Å². The molecule has 0 radical (unpaired) electrons. The second-order valence-electron chi connectivity index (χ2n) is 6.46. The summed E-state index contributed by atoms with van der Waals surface area (Å²) in [6.07, 6.45) is 2.44. The van der Waals surface area contributed by atoms with Gasteiger partial charge in [-0.3, -0.25) is 9.59 Å². The van der Waals surface area contributed by atoms with Crippen molar-refractivity contribution in [3.05, 3.63) is 23.3 Å². The molecule has 2 amide bonds. The van der Waals surface area contributed by atoms with Crippen molar-refractivity contribution in [3.63, 3.8) is 0 Å². The average Bonchev–Trinajstić information content (AvgIpc) is 3.24. The van der Waals surface area contributed by atoms with Gasteiger partial charge in [0, 0.05) is 13.2 Å². The van der Waals surface area contributed by atoms with Crippen LogP contribution in [-0.4, -0.2) is 37.2 Å². The van der Waals surface area contributed by atoms with Crippen LogP contribution in [0.25, 0.3) is 0 Å². The van der Waals surface area contributed by atoms with Gasteiger partial charge in [-0.25, -0.2) is 0 Å². The summed E-state index contributed by atoms with van der Waals surface area (Å²) < 4.78 is 10.8. The highest BCUT2D eigenvalue weighted by molar-refractivity contribution is 6.02. The van der Waals surface area contributed by atoms with Crippen LogP contribution < -0.4 is 10.6 Å². The Hall–Kier alpha value is -1.92. The summed E-state index contributed by atoms with van der Waals surface area (Å²) in [5.74, 6) is -0.327. The molecule has 0 bridgehead atoms. The van der Waals surface area contributed by atoms with Crippen LogP contribution in [0.3, 0.4) is 0 Å². The average molecular weight is 332 g/mol. The second-order valence-corrected chi connectivity index (χ2v) is 6.46. The minimum Gasteiger partial charge on any atom is -0.368 e. The summed E-state index contributed by atoms with van der Waals surface area (Å²) in [5, 5.41) is 5.79. The molecule has 0 unspecified atom stereocenters. The molecule has 130 valence electrons. The van der Waals surface area contributed by atoms with Gasteiger partial charge in [0.1, 0.15) is 12.2 Å². The van der Waals surface area contributed by atoms with Crippen LogP contribution in [0.15, 0.2) is 12.1 Å². The first-order chi connectivity index (χ1) is 11.5. The van der Waals surface area contributed by atoms with Gasteiger partial charge in [0.15, 0.2) is 0 Å². The van der Waals surface area contributed by atoms with E-state index in [4.69, 9.17) is 9.47 Å². The molecule has 2 aliphatic heterocycles. The zero-order valence-electron chi connectivity index (χ0n) is 14.2. The van der Waals surface area contributed by atoms with Gasteiger partial charge in [-0.15, -0.1) is 0 Å². The maximum absolute atomic E-state index is 12.3. The zero-order chi connectivity index (χ0) is 17.1. The number of carbonyl (C=O) groups excluding carboxylic acids is 2. The Morgan fingerprint density at radius 1 is 0.875 bits per heavy atom. The van der Waals surface area contributed by atoms with Crippen LogP contribution in [0.4, 0.5) is 11.4 Å². The van der Waals surface area contributed by atoms with Gasteiger partial charge in [-0.05, 0) is 62.8 Å². The Labute approximate surface area is 141 Å². The molecule has 2 heterocycles. The van der Waals surface area contributed by atoms with E-state index in [2.05, 4.69) is 10.6 Å². The zero-order valence-corrected chi connectivity index (χ0v) is 14.2.